The van der Waals surface area contributed by atoms with Crippen molar-refractivity contribution in [2.45, 2.75) is 31.3 Å². The second-order valence-electron chi connectivity index (χ2n) is 10.9. The number of hydrogen-bond acceptors (Lipinski definition) is 6. The van der Waals surface area contributed by atoms with Crippen LogP contribution >= 0.6 is 0 Å². The first-order valence-corrected chi connectivity index (χ1v) is 14.9. The van der Waals surface area contributed by atoms with Crippen LogP contribution in [0.15, 0.2) is 78.9 Å². The summed E-state index contributed by atoms with van der Waals surface area (Å²) in [5, 5.41) is 6.33. The van der Waals surface area contributed by atoms with Crippen LogP contribution in [0.4, 0.5) is 4.79 Å². The lowest BCUT2D eigenvalue weighted by atomic mass is 9.76. The van der Waals surface area contributed by atoms with Gasteiger partial charge in [0.2, 0.25) is 5.91 Å². The lowest BCUT2D eigenvalue weighted by Crippen LogP contribution is -2.56. The molecule has 9 heteroatoms. The molecule has 3 amide bonds. The SMILES string of the molecule is CCCNC(=O)N1C(C(=O)N2CCNCC2)C(c2ccccc2)C(C(=O)c2ccc(OC)cc2)C1c1ccc(OC)cc1. The van der Waals surface area contributed by atoms with E-state index in [0.717, 1.165) is 17.5 Å². The average Bonchev–Trinajstić information content (AvgIpc) is 3.43. The molecule has 4 atom stereocenters. The van der Waals surface area contributed by atoms with Gasteiger partial charge >= 0.3 is 6.03 Å². The molecule has 2 aliphatic heterocycles. The van der Waals surface area contributed by atoms with Crippen LogP contribution in [0.2, 0.25) is 0 Å². The van der Waals surface area contributed by atoms with Crippen molar-refractivity contribution in [2.75, 3.05) is 46.9 Å². The van der Waals surface area contributed by atoms with Crippen molar-refractivity contribution in [3.63, 3.8) is 0 Å². The molecule has 9 nitrogen and oxygen atoms in total. The summed E-state index contributed by atoms with van der Waals surface area (Å²) in [5.74, 6) is -0.311. The number of piperazine rings is 1. The normalized spacial score (nSPS) is 21.7. The van der Waals surface area contributed by atoms with Gasteiger partial charge in [-0.3, -0.25) is 9.59 Å². The van der Waals surface area contributed by atoms with Crippen LogP contribution < -0.4 is 20.1 Å². The number of nitrogens with one attached hydrogen (secondary N) is 2. The molecule has 2 heterocycles. The van der Waals surface area contributed by atoms with E-state index in [4.69, 9.17) is 9.47 Å². The Labute approximate surface area is 253 Å². The molecule has 3 aromatic rings. The Kier molecular flexibility index (Phi) is 9.61. The Morgan fingerprint density at radius 2 is 1.44 bits per heavy atom. The van der Waals surface area contributed by atoms with Crippen LogP contribution in [0, 0.1) is 5.92 Å². The molecule has 0 bridgehead atoms. The van der Waals surface area contributed by atoms with Crippen molar-refractivity contribution >= 4 is 17.7 Å². The number of methoxy groups -OCH3 is 2. The summed E-state index contributed by atoms with van der Waals surface area (Å²) in [6.45, 7) is 4.85. The zero-order chi connectivity index (χ0) is 30.3. The monoisotopic (exact) mass is 584 g/mol. The van der Waals surface area contributed by atoms with Crippen molar-refractivity contribution in [3.8, 4) is 11.5 Å². The Bertz CT molecular complexity index is 1390. The minimum Gasteiger partial charge on any atom is -0.497 e. The van der Waals surface area contributed by atoms with Crippen LogP contribution in [0.5, 0.6) is 11.5 Å². The van der Waals surface area contributed by atoms with E-state index in [2.05, 4.69) is 10.6 Å². The van der Waals surface area contributed by atoms with E-state index in [-0.39, 0.29) is 17.7 Å². The van der Waals surface area contributed by atoms with Gasteiger partial charge in [-0.1, -0.05) is 49.4 Å². The summed E-state index contributed by atoms with van der Waals surface area (Å²) in [7, 11) is 3.18. The molecular weight excluding hydrogens is 544 g/mol. The van der Waals surface area contributed by atoms with Crippen molar-refractivity contribution in [3.05, 3.63) is 95.6 Å². The number of rotatable bonds is 9. The fourth-order valence-electron chi connectivity index (χ4n) is 6.32. The molecule has 2 N–H and O–H groups in total. The third kappa shape index (κ3) is 6.22. The van der Waals surface area contributed by atoms with Gasteiger partial charge in [0.05, 0.1) is 26.2 Å². The summed E-state index contributed by atoms with van der Waals surface area (Å²) in [6, 6.07) is 22.1. The molecule has 5 rings (SSSR count). The number of amides is 3. The minimum absolute atomic E-state index is 0.138. The standard InChI is InChI=1S/C34H40N4O5/c1-4-18-36-34(41)38-30(24-10-14-26(42-2)15-11-24)29(32(39)25-12-16-27(43-3)17-13-25)28(23-8-6-5-7-9-23)31(38)33(40)37-21-19-35-20-22-37/h5-17,28-31,35H,4,18-22H2,1-3H3,(H,36,41). The summed E-state index contributed by atoms with van der Waals surface area (Å²) < 4.78 is 10.8. The molecule has 0 spiro atoms. The maximum atomic E-state index is 14.7. The fourth-order valence-corrected chi connectivity index (χ4v) is 6.32. The predicted molar refractivity (Wildman–Crippen MR) is 164 cm³/mol. The van der Waals surface area contributed by atoms with Gasteiger partial charge in [0, 0.05) is 44.2 Å². The topological polar surface area (TPSA) is 100 Å². The number of urea groups is 1. The van der Waals surface area contributed by atoms with Crippen LogP contribution in [-0.2, 0) is 4.79 Å². The highest BCUT2D eigenvalue weighted by Crippen LogP contribution is 2.52. The third-order valence-corrected chi connectivity index (χ3v) is 8.43. The number of nitrogens with zero attached hydrogens (tertiary/aromatic N) is 2. The van der Waals surface area contributed by atoms with Gasteiger partial charge < -0.3 is 29.9 Å². The Hall–Kier alpha value is -4.37. The number of hydrogen-bond donors (Lipinski definition) is 2. The molecule has 2 fully saturated rings. The summed E-state index contributed by atoms with van der Waals surface area (Å²) in [6.07, 6.45) is 0.736. The lowest BCUT2D eigenvalue weighted by molar-refractivity contribution is -0.136. The lowest BCUT2D eigenvalue weighted by Gasteiger charge is -2.36. The smallest absolute Gasteiger partial charge is 0.318 e. The van der Waals surface area contributed by atoms with Crippen LogP contribution in [0.1, 0.15) is 46.8 Å². The van der Waals surface area contributed by atoms with E-state index in [1.807, 2.05) is 66.4 Å². The third-order valence-electron chi connectivity index (χ3n) is 8.43. The highest BCUT2D eigenvalue weighted by Gasteiger charge is 2.58. The van der Waals surface area contributed by atoms with Crippen molar-refractivity contribution < 1.29 is 23.9 Å². The molecule has 2 saturated heterocycles. The first kappa shape index (κ1) is 30.1. The number of carbonyl (C=O) groups excluding carboxylic acids is 3. The molecule has 0 aliphatic carbocycles. The zero-order valence-electron chi connectivity index (χ0n) is 25.0. The van der Waals surface area contributed by atoms with E-state index in [0.29, 0.717) is 49.8 Å². The van der Waals surface area contributed by atoms with Gasteiger partial charge in [-0.15, -0.1) is 0 Å². The van der Waals surface area contributed by atoms with Gasteiger partial charge in [-0.25, -0.2) is 4.79 Å². The molecule has 4 unspecified atom stereocenters. The van der Waals surface area contributed by atoms with Gasteiger partial charge in [-0.2, -0.15) is 0 Å². The summed E-state index contributed by atoms with van der Waals surface area (Å²) in [4.78, 5) is 46.9. The second kappa shape index (κ2) is 13.7. The molecular formula is C34H40N4O5. The van der Waals surface area contributed by atoms with E-state index in [1.54, 1.807) is 43.4 Å². The van der Waals surface area contributed by atoms with Crippen LogP contribution in [0.3, 0.4) is 0 Å². The number of Topliss-reactive ketones (excluding diaryl/α,β-unsaturated/α-hetero) is 1. The van der Waals surface area contributed by atoms with E-state index < -0.39 is 23.9 Å². The number of ketones is 1. The number of benzene rings is 3. The first-order valence-electron chi connectivity index (χ1n) is 14.9. The largest absolute Gasteiger partial charge is 0.497 e. The number of likely N-dealkylation sites (tertiary alicyclic amines) is 1. The molecule has 3 aromatic carbocycles. The number of ether oxygens (including phenoxy) is 2. The Balaban J connectivity index is 1.72. The Morgan fingerprint density at radius 3 is 2.02 bits per heavy atom. The van der Waals surface area contributed by atoms with Crippen LogP contribution in [0.25, 0.3) is 0 Å². The fraction of sp³-hybridized carbons (Fsp3) is 0.382. The molecule has 43 heavy (non-hydrogen) atoms. The molecule has 0 saturated carbocycles. The maximum Gasteiger partial charge on any atom is 0.318 e. The van der Waals surface area contributed by atoms with Crippen molar-refractivity contribution in [1.29, 1.82) is 0 Å². The Morgan fingerprint density at radius 1 is 0.837 bits per heavy atom. The number of carbonyl (C=O) groups is 3. The van der Waals surface area contributed by atoms with Gasteiger partial charge in [0.25, 0.3) is 0 Å². The summed E-state index contributed by atoms with van der Waals surface area (Å²) in [5.41, 5.74) is 2.09. The molecule has 0 radical (unpaired) electrons. The molecule has 2 aliphatic rings. The molecule has 226 valence electrons. The summed E-state index contributed by atoms with van der Waals surface area (Å²) >= 11 is 0. The quantitative estimate of drug-likeness (QED) is 0.365. The molecule has 0 aromatic heterocycles. The van der Waals surface area contributed by atoms with Crippen molar-refractivity contribution in [2.24, 2.45) is 5.92 Å². The van der Waals surface area contributed by atoms with Crippen LogP contribution in [-0.4, -0.2) is 80.5 Å². The minimum atomic E-state index is -0.892. The maximum absolute atomic E-state index is 14.7. The van der Waals surface area contributed by atoms with E-state index >= 15 is 0 Å². The second-order valence-corrected chi connectivity index (χ2v) is 10.9. The average molecular weight is 585 g/mol. The van der Waals surface area contributed by atoms with E-state index in [1.165, 1.54) is 0 Å². The van der Waals surface area contributed by atoms with Gasteiger partial charge in [0.1, 0.15) is 17.5 Å². The predicted octanol–water partition coefficient (Wildman–Crippen LogP) is 4.26. The van der Waals surface area contributed by atoms with Gasteiger partial charge in [-0.05, 0) is 53.9 Å². The zero-order valence-corrected chi connectivity index (χ0v) is 25.0. The highest BCUT2D eigenvalue weighted by molar-refractivity contribution is 6.02. The van der Waals surface area contributed by atoms with E-state index in [9.17, 15) is 14.4 Å². The first-order chi connectivity index (χ1) is 21.0. The van der Waals surface area contributed by atoms with Crippen molar-refractivity contribution in [1.82, 2.24) is 20.4 Å². The van der Waals surface area contributed by atoms with Gasteiger partial charge in [0.15, 0.2) is 5.78 Å². The highest BCUT2D eigenvalue weighted by atomic mass is 16.5.